The second-order valence-corrected chi connectivity index (χ2v) is 6.48. The van der Waals surface area contributed by atoms with Gasteiger partial charge in [-0.1, -0.05) is 0 Å². The first-order chi connectivity index (χ1) is 10.0. The lowest BCUT2D eigenvalue weighted by Gasteiger charge is -2.16. The minimum atomic E-state index is -0.102. The molecule has 4 nitrogen and oxygen atoms in total. The molecular formula is C16H21N3OS. The van der Waals surface area contributed by atoms with Crippen molar-refractivity contribution < 1.29 is 4.79 Å². The Morgan fingerprint density at radius 3 is 2.81 bits per heavy atom. The summed E-state index contributed by atoms with van der Waals surface area (Å²) in [7, 11) is 0. The van der Waals surface area contributed by atoms with Crippen LogP contribution in [-0.4, -0.2) is 17.4 Å². The zero-order valence-corrected chi connectivity index (χ0v) is 13.7. The summed E-state index contributed by atoms with van der Waals surface area (Å²) in [6.45, 7) is 8.95. The molecule has 0 fully saturated rings. The Balaban J connectivity index is 2.16. The Morgan fingerprint density at radius 2 is 2.19 bits per heavy atom. The SMILES string of the molecule is CCNc1ccncc1C(=O)NC(C)c1cc(C)sc1C. The molecule has 2 N–H and O–H groups in total. The van der Waals surface area contributed by atoms with Crippen molar-refractivity contribution in [2.24, 2.45) is 0 Å². The van der Waals surface area contributed by atoms with Crippen LogP contribution >= 0.6 is 11.3 Å². The largest absolute Gasteiger partial charge is 0.385 e. The van der Waals surface area contributed by atoms with Gasteiger partial charge in [-0.25, -0.2) is 0 Å². The van der Waals surface area contributed by atoms with Crippen LogP contribution in [0.25, 0.3) is 0 Å². The van der Waals surface area contributed by atoms with Gasteiger partial charge in [0, 0.05) is 28.7 Å². The molecule has 0 bridgehead atoms. The number of nitrogens with zero attached hydrogens (tertiary/aromatic N) is 1. The average molecular weight is 303 g/mol. The van der Waals surface area contributed by atoms with Crippen molar-refractivity contribution in [3.8, 4) is 0 Å². The van der Waals surface area contributed by atoms with Crippen LogP contribution in [0.2, 0.25) is 0 Å². The van der Waals surface area contributed by atoms with E-state index in [-0.39, 0.29) is 11.9 Å². The Labute approximate surface area is 129 Å². The van der Waals surface area contributed by atoms with E-state index in [1.165, 1.54) is 15.3 Å². The fraction of sp³-hybridized carbons (Fsp3) is 0.375. The van der Waals surface area contributed by atoms with Crippen molar-refractivity contribution in [2.45, 2.75) is 33.7 Å². The normalized spacial score (nSPS) is 12.0. The molecule has 2 heterocycles. The zero-order valence-electron chi connectivity index (χ0n) is 12.9. The van der Waals surface area contributed by atoms with Crippen LogP contribution in [0.4, 0.5) is 5.69 Å². The number of aryl methyl sites for hydroxylation is 2. The summed E-state index contributed by atoms with van der Waals surface area (Å²) in [6, 6.07) is 3.94. The molecule has 2 rings (SSSR count). The Bertz CT molecular complexity index is 636. The summed E-state index contributed by atoms with van der Waals surface area (Å²) >= 11 is 1.76. The highest BCUT2D eigenvalue weighted by molar-refractivity contribution is 7.12. The summed E-state index contributed by atoms with van der Waals surface area (Å²) in [5.41, 5.74) is 2.57. The van der Waals surface area contributed by atoms with Gasteiger partial charge in [0.2, 0.25) is 0 Å². The number of thiophene rings is 1. The molecule has 1 amide bonds. The lowest BCUT2D eigenvalue weighted by Crippen LogP contribution is -2.27. The molecule has 0 saturated heterocycles. The van der Waals surface area contributed by atoms with Gasteiger partial charge in [0.15, 0.2) is 0 Å². The predicted molar refractivity (Wildman–Crippen MR) is 88.1 cm³/mol. The molecule has 0 aliphatic rings. The standard InChI is InChI=1S/C16H21N3OS/c1-5-18-15-6-7-17-9-14(15)16(20)19-11(3)13-8-10(2)21-12(13)4/h6-9,11H,5H2,1-4H3,(H,17,18)(H,19,20). The topological polar surface area (TPSA) is 54.0 Å². The summed E-state index contributed by atoms with van der Waals surface area (Å²) < 4.78 is 0. The third-order valence-corrected chi connectivity index (χ3v) is 4.31. The van der Waals surface area contributed by atoms with Gasteiger partial charge in [0.1, 0.15) is 0 Å². The number of anilines is 1. The molecule has 1 unspecified atom stereocenters. The van der Waals surface area contributed by atoms with Gasteiger partial charge in [-0.15, -0.1) is 11.3 Å². The highest BCUT2D eigenvalue weighted by Gasteiger charge is 2.17. The van der Waals surface area contributed by atoms with E-state index in [0.717, 1.165) is 12.2 Å². The fourth-order valence-corrected chi connectivity index (χ4v) is 3.37. The number of nitrogens with one attached hydrogen (secondary N) is 2. The first-order valence-corrected chi connectivity index (χ1v) is 7.90. The average Bonchev–Trinajstić information content (AvgIpc) is 2.78. The molecule has 0 radical (unpaired) electrons. The van der Waals surface area contributed by atoms with Crippen molar-refractivity contribution in [3.05, 3.63) is 45.4 Å². The number of carbonyl (C=O) groups excluding carboxylic acids is 1. The van der Waals surface area contributed by atoms with Crippen LogP contribution in [0.1, 0.15) is 45.6 Å². The number of hydrogen-bond acceptors (Lipinski definition) is 4. The molecule has 0 spiro atoms. The van der Waals surface area contributed by atoms with Crippen molar-refractivity contribution in [2.75, 3.05) is 11.9 Å². The monoisotopic (exact) mass is 303 g/mol. The number of carbonyl (C=O) groups is 1. The Hall–Kier alpha value is -1.88. The maximum absolute atomic E-state index is 12.5. The lowest BCUT2D eigenvalue weighted by atomic mass is 10.1. The lowest BCUT2D eigenvalue weighted by molar-refractivity contribution is 0.0940. The summed E-state index contributed by atoms with van der Waals surface area (Å²) in [5, 5.41) is 6.24. The molecule has 2 aromatic heterocycles. The summed E-state index contributed by atoms with van der Waals surface area (Å²) in [5.74, 6) is -0.102. The number of hydrogen-bond donors (Lipinski definition) is 2. The second kappa shape index (κ2) is 6.72. The van der Waals surface area contributed by atoms with E-state index in [1.54, 1.807) is 23.7 Å². The number of pyridine rings is 1. The smallest absolute Gasteiger partial charge is 0.255 e. The molecule has 112 valence electrons. The summed E-state index contributed by atoms with van der Waals surface area (Å²) in [4.78, 5) is 19.0. The molecule has 5 heteroatoms. The Morgan fingerprint density at radius 1 is 1.43 bits per heavy atom. The van der Waals surface area contributed by atoms with E-state index in [4.69, 9.17) is 0 Å². The van der Waals surface area contributed by atoms with Crippen molar-refractivity contribution in [1.29, 1.82) is 0 Å². The maximum Gasteiger partial charge on any atom is 0.255 e. The van der Waals surface area contributed by atoms with Crippen LogP contribution in [-0.2, 0) is 0 Å². The highest BCUT2D eigenvalue weighted by atomic mass is 32.1. The molecule has 0 saturated carbocycles. The third kappa shape index (κ3) is 3.61. The van der Waals surface area contributed by atoms with E-state index in [9.17, 15) is 4.79 Å². The number of aromatic nitrogens is 1. The van der Waals surface area contributed by atoms with E-state index >= 15 is 0 Å². The molecule has 2 aromatic rings. The van der Waals surface area contributed by atoms with Crippen molar-refractivity contribution >= 4 is 22.9 Å². The van der Waals surface area contributed by atoms with Crippen molar-refractivity contribution in [3.63, 3.8) is 0 Å². The van der Waals surface area contributed by atoms with E-state index in [1.807, 2.05) is 19.9 Å². The minimum Gasteiger partial charge on any atom is -0.385 e. The molecular weight excluding hydrogens is 282 g/mol. The quantitative estimate of drug-likeness (QED) is 0.886. The van der Waals surface area contributed by atoms with Crippen LogP contribution in [0.3, 0.4) is 0 Å². The molecule has 0 aromatic carbocycles. The molecule has 21 heavy (non-hydrogen) atoms. The number of rotatable bonds is 5. The second-order valence-electron chi connectivity index (χ2n) is 5.02. The first kappa shape index (κ1) is 15.5. The van der Waals surface area contributed by atoms with Crippen LogP contribution in [0.5, 0.6) is 0 Å². The molecule has 0 aliphatic carbocycles. The zero-order chi connectivity index (χ0) is 15.4. The molecule has 1 atom stereocenters. The van der Waals surface area contributed by atoms with E-state index < -0.39 is 0 Å². The predicted octanol–water partition coefficient (Wildman–Crippen LogP) is 3.68. The van der Waals surface area contributed by atoms with Gasteiger partial charge >= 0.3 is 0 Å². The van der Waals surface area contributed by atoms with E-state index in [2.05, 4.69) is 35.5 Å². The molecule has 0 aliphatic heterocycles. The minimum absolute atomic E-state index is 0.0165. The maximum atomic E-state index is 12.5. The fourth-order valence-electron chi connectivity index (χ4n) is 2.35. The highest BCUT2D eigenvalue weighted by Crippen LogP contribution is 2.26. The summed E-state index contributed by atoms with van der Waals surface area (Å²) in [6.07, 6.45) is 3.29. The van der Waals surface area contributed by atoms with Crippen molar-refractivity contribution in [1.82, 2.24) is 10.3 Å². The Kier molecular flexibility index (Phi) is 4.96. The first-order valence-electron chi connectivity index (χ1n) is 7.08. The van der Waals surface area contributed by atoms with E-state index in [0.29, 0.717) is 5.56 Å². The van der Waals surface area contributed by atoms with Crippen LogP contribution in [0.15, 0.2) is 24.5 Å². The number of amides is 1. The van der Waals surface area contributed by atoms with Gasteiger partial charge in [-0.3, -0.25) is 9.78 Å². The van der Waals surface area contributed by atoms with Crippen LogP contribution < -0.4 is 10.6 Å². The van der Waals surface area contributed by atoms with Crippen LogP contribution in [0, 0.1) is 13.8 Å². The third-order valence-electron chi connectivity index (χ3n) is 3.33. The van der Waals surface area contributed by atoms with Gasteiger partial charge in [0.05, 0.1) is 17.3 Å². The van der Waals surface area contributed by atoms with Gasteiger partial charge < -0.3 is 10.6 Å². The van der Waals surface area contributed by atoms with Gasteiger partial charge in [0.25, 0.3) is 5.91 Å². The van der Waals surface area contributed by atoms with Gasteiger partial charge in [-0.05, 0) is 45.4 Å². The van der Waals surface area contributed by atoms with Gasteiger partial charge in [-0.2, -0.15) is 0 Å².